The largest absolute Gasteiger partial charge is 0.468 e. The summed E-state index contributed by atoms with van der Waals surface area (Å²) < 4.78 is 9.18. The van der Waals surface area contributed by atoms with Crippen molar-refractivity contribution in [2.45, 2.75) is 162 Å². The van der Waals surface area contributed by atoms with Crippen LogP contribution in [0.1, 0.15) is 120 Å². The summed E-state index contributed by atoms with van der Waals surface area (Å²) in [6.45, 7) is 13.4. The lowest BCUT2D eigenvalue weighted by atomic mass is 9.96. The van der Waals surface area contributed by atoms with Crippen molar-refractivity contribution in [3.8, 4) is 0 Å². The molecule has 10 amide bonds. The number of allylic oxidation sites excluding steroid dienone is 1. The van der Waals surface area contributed by atoms with Gasteiger partial charge in [0.1, 0.15) is 48.8 Å². The Hall–Kier alpha value is -6.66. The number of aliphatic hydroxyl groups is 1. The minimum atomic E-state index is -1.66. The summed E-state index contributed by atoms with van der Waals surface area (Å²) in [7, 11) is 2.36. The van der Waals surface area contributed by atoms with Crippen LogP contribution in [-0.2, 0) is 67.0 Å². The summed E-state index contributed by atoms with van der Waals surface area (Å²) in [6, 6.07) is -8.43. The van der Waals surface area contributed by atoms with Gasteiger partial charge >= 0.3 is 11.9 Å². The van der Waals surface area contributed by atoms with Gasteiger partial charge in [-0.25, -0.2) is 4.79 Å². The Bertz CT molecular complexity index is 2000. The van der Waals surface area contributed by atoms with E-state index in [1.54, 1.807) is 41.5 Å². The maximum atomic E-state index is 13.9. The second-order valence-corrected chi connectivity index (χ2v) is 19.7. The summed E-state index contributed by atoms with van der Waals surface area (Å²) in [6.07, 6.45) is 5.31. The van der Waals surface area contributed by atoms with Crippen molar-refractivity contribution in [1.82, 2.24) is 52.8 Å². The van der Waals surface area contributed by atoms with Gasteiger partial charge in [0.05, 0.1) is 33.9 Å². The van der Waals surface area contributed by atoms with Crippen molar-refractivity contribution >= 4 is 71.0 Å². The SMILES string of the molecule is CCC(C)[C@H](NC(=O)[C@@H](NC(=O)[C@H](CC(C)C)NC(=O)[C@H](CO)NC(=O)[C@H](CCC/C=C/C(=O)OC)NC(=O)CNC(=O)[C@@H]1CCCN1C(=O)CNC(=O)[C@H](CCC(C)C)NC(C)=O)C(C)C)C(=O)NCC(=O)OC. The number of rotatable bonds is 33. The first-order chi connectivity index (χ1) is 35.3. The van der Waals surface area contributed by atoms with Crippen LogP contribution in [0.4, 0.5) is 0 Å². The molecule has 8 atom stereocenters. The Kier molecular flexibility index (Phi) is 30.8. The topological polar surface area (TPSA) is 355 Å². The fourth-order valence-electron chi connectivity index (χ4n) is 7.74. The molecule has 0 aromatic heterocycles. The van der Waals surface area contributed by atoms with E-state index in [2.05, 4.69) is 57.3 Å². The lowest BCUT2D eigenvalue weighted by Gasteiger charge is -2.30. The molecule has 1 rings (SSSR count). The predicted octanol–water partition coefficient (Wildman–Crippen LogP) is -1.50. The maximum Gasteiger partial charge on any atom is 0.330 e. The number of ether oxygens (including phenoxy) is 2. The number of hydrogen-bond donors (Lipinski definition) is 10. The van der Waals surface area contributed by atoms with Crippen LogP contribution in [0.15, 0.2) is 12.2 Å². The molecule has 75 heavy (non-hydrogen) atoms. The van der Waals surface area contributed by atoms with Crippen molar-refractivity contribution in [2.75, 3.05) is 47.0 Å². The molecule has 0 aromatic rings. The lowest BCUT2D eigenvalue weighted by Crippen LogP contribution is -2.61. The highest BCUT2D eigenvalue weighted by Crippen LogP contribution is 2.18. The Balaban J connectivity index is 3.19. The first-order valence-corrected chi connectivity index (χ1v) is 25.6. The van der Waals surface area contributed by atoms with Gasteiger partial charge in [-0.2, -0.15) is 0 Å². The number of unbranched alkanes of at least 4 members (excludes halogenated alkanes) is 1. The van der Waals surface area contributed by atoms with Gasteiger partial charge in [0, 0.05) is 19.5 Å². The molecule has 0 bridgehead atoms. The number of carbonyl (C=O) groups excluding carboxylic acids is 12. The van der Waals surface area contributed by atoms with Crippen molar-refractivity contribution in [3.05, 3.63) is 12.2 Å². The molecule has 10 N–H and O–H groups in total. The van der Waals surface area contributed by atoms with E-state index >= 15 is 0 Å². The maximum absolute atomic E-state index is 13.9. The second-order valence-electron chi connectivity index (χ2n) is 19.7. The third kappa shape index (κ3) is 25.0. The molecule has 0 saturated carbocycles. The molecule has 1 fully saturated rings. The highest BCUT2D eigenvalue weighted by Gasteiger charge is 2.37. The third-order valence-corrected chi connectivity index (χ3v) is 12.2. The Morgan fingerprint density at radius 3 is 1.80 bits per heavy atom. The van der Waals surface area contributed by atoms with Crippen LogP contribution in [-0.4, -0.2) is 170 Å². The first-order valence-electron chi connectivity index (χ1n) is 25.6. The van der Waals surface area contributed by atoms with E-state index < -0.39 is 145 Å². The first kappa shape index (κ1) is 66.4. The molecule has 424 valence electrons. The van der Waals surface area contributed by atoms with Crippen LogP contribution >= 0.6 is 0 Å². The number of methoxy groups -OCH3 is 2. The zero-order chi connectivity index (χ0) is 56.9. The van der Waals surface area contributed by atoms with Gasteiger partial charge in [0.2, 0.25) is 59.1 Å². The van der Waals surface area contributed by atoms with Crippen LogP contribution in [0.3, 0.4) is 0 Å². The number of amides is 10. The number of hydrogen-bond acceptors (Lipinski definition) is 15. The van der Waals surface area contributed by atoms with Crippen LogP contribution in [0.5, 0.6) is 0 Å². The standard InChI is InChI=1S/C50H84N10O15/c1-12-31(8)43(49(72)53-26-41(66)75-11)59-50(73)42(30(6)7)58-46(69)35(23-29(4)5)56-47(70)36(27-61)57-45(68)33(17-14-13-15-19-40(65)74-10)55-38(63)24-51-48(71)37-18-16-22-60(37)39(64)25-52-44(67)34(54-32(9)62)21-20-28(2)3/h15,19,28-31,33-37,42-43,61H,12-14,16-18,20-27H2,1-11H3,(H,51,71)(H,52,67)(H,53,72)(H,54,62)(H,55,63)(H,56,70)(H,57,68)(H,58,69)(H,59,73)/b19-15+/t31?,33-,34-,35-,36-,37-,42-,43-/m0/s1. The molecule has 1 heterocycles. The van der Waals surface area contributed by atoms with E-state index in [0.29, 0.717) is 25.7 Å². The zero-order valence-corrected chi connectivity index (χ0v) is 45.5. The number of aliphatic hydroxyl groups excluding tert-OH is 1. The molecule has 0 radical (unpaired) electrons. The third-order valence-electron chi connectivity index (χ3n) is 12.2. The highest BCUT2D eigenvalue weighted by atomic mass is 16.5. The Morgan fingerprint density at radius 1 is 0.627 bits per heavy atom. The smallest absolute Gasteiger partial charge is 0.330 e. The van der Waals surface area contributed by atoms with Gasteiger partial charge in [0.25, 0.3) is 0 Å². The van der Waals surface area contributed by atoms with Crippen molar-refractivity contribution in [2.24, 2.45) is 23.7 Å². The van der Waals surface area contributed by atoms with Crippen LogP contribution in [0.2, 0.25) is 0 Å². The van der Waals surface area contributed by atoms with E-state index in [9.17, 15) is 62.6 Å². The number of nitrogens with zero attached hydrogens (tertiary/aromatic N) is 1. The quantitative estimate of drug-likeness (QED) is 0.0203. The lowest BCUT2D eigenvalue weighted by molar-refractivity contribution is -0.142. The predicted molar refractivity (Wildman–Crippen MR) is 273 cm³/mol. The summed E-state index contributed by atoms with van der Waals surface area (Å²) in [4.78, 5) is 157. The van der Waals surface area contributed by atoms with Gasteiger partial charge in [-0.15, -0.1) is 0 Å². The number of nitrogens with one attached hydrogen (secondary N) is 9. The molecule has 1 unspecified atom stereocenters. The fraction of sp³-hybridized carbons (Fsp3) is 0.720. The van der Waals surface area contributed by atoms with Crippen molar-refractivity contribution < 1.29 is 72.1 Å². The normalized spacial score (nSPS) is 16.0. The van der Waals surface area contributed by atoms with Gasteiger partial charge in [-0.3, -0.25) is 52.7 Å². The molecule has 25 heteroatoms. The molecule has 1 aliphatic heterocycles. The van der Waals surface area contributed by atoms with E-state index in [1.807, 2.05) is 13.8 Å². The summed E-state index contributed by atoms with van der Waals surface area (Å²) in [5.74, 6) is -9.20. The second kappa shape index (κ2) is 34.8. The van der Waals surface area contributed by atoms with Gasteiger partial charge in [-0.05, 0) is 75.0 Å². The number of carbonyl (C=O) groups is 12. The molecular weight excluding hydrogens is 981 g/mol. The summed E-state index contributed by atoms with van der Waals surface area (Å²) in [5.41, 5.74) is 0. The van der Waals surface area contributed by atoms with Crippen molar-refractivity contribution in [3.63, 3.8) is 0 Å². The minimum absolute atomic E-state index is 0.0489. The molecule has 1 saturated heterocycles. The zero-order valence-electron chi connectivity index (χ0n) is 45.5. The molecular formula is C50H84N10O15. The monoisotopic (exact) mass is 1060 g/mol. The van der Waals surface area contributed by atoms with Gasteiger partial charge < -0.3 is 67.3 Å². The van der Waals surface area contributed by atoms with Gasteiger partial charge in [0.15, 0.2) is 0 Å². The molecule has 0 aliphatic carbocycles. The van der Waals surface area contributed by atoms with E-state index in [1.165, 1.54) is 31.1 Å². The van der Waals surface area contributed by atoms with Crippen molar-refractivity contribution in [1.29, 1.82) is 0 Å². The Morgan fingerprint density at radius 2 is 1.23 bits per heavy atom. The van der Waals surface area contributed by atoms with Crippen LogP contribution in [0, 0.1) is 23.7 Å². The van der Waals surface area contributed by atoms with Crippen LogP contribution < -0.4 is 47.9 Å². The molecule has 0 spiro atoms. The Labute approximate surface area is 440 Å². The van der Waals surface area contributed by atoms with Gasteiger partial charge in [-0.1, -0.05) is 67.9 Å². The highest BCUT2D eigenvalue weighted by molar-refractivity contribution is 5.98. The molecule has 0 aromatic carbocycles. The molecule has 1 aliphatic rings. The van der Waals surface area contributed by atoms with E-state index in [0.717, 1.165) is 7.11 Å². The molecule has 25 nitrogen and oxygen atoms in total. The van der Waals surface area contributed by atoms with Crippen LogP contribution in [0.25, 0.3) is 0 Å². The van der Waals surface area contributed by atoms with E-state index in [-0.39, 0.29) is 56.4 Å². The number of esters is 2. The average Bonchev–Trinajstić information content (AvgIpc) is 3.86. The minimum Gasteiger partial charge on any atom is -0.468 e. The average molecular weight is 1070 g/mol. The van der Waals surface area contributed by atoms with E-state index in [4.69, 9.17) is 0 Å². The fourth-order valence-corrected chi connectivity index (χ4v) is 7.74. The summed E-state index contributed by atoms with van der Waals surface area (Å²) >= 11 is 0. The number of likely N-dealkylation sites (tertiary alicyclic amines) is 1. The summed E-state index contributed by atoms with van der Waals surface area (Å²) in [5, 5.41) is 33.2.